The summed E-state index contributed by atoms with van der Waals surface area (Å²) < 4.78 is 26.3. The maximum absolute atomic E-state index is 12.6. The molecule has 86 valence electrons. The van der Waals surface area contributed by atoms with Crippen LogP contribution in [0.2, 0.25) is 0 Å². The van der Waals surface area contributed by atoms with Gasteiger partial charge in [-0.2, -0.15) is 8.78 Å². The van der Waals surface area contributed by atoms with Crippen LogP contribution in [-0.2, 0) is 6.42 Å². The zero-order valence-electron chi connectivity index (χ0n) is 8.16. The van der Waals surface area contributed by atoms with E-state index in [0.717, 1.165) is 10.1 Å². The Morgan fingerprint density at radius 1 is 1.38 bits per heavy atom. The first-order valence-electron chi connectivity index (χ1n) is 4.68. The van der Waals surface area contributed by atoms with E-state index in [1.165, 1.54) is 11.3 Å². The number of thiophene rings is 1. The molecule has 0 aliphatic carbocycles. The molecule has 1 N–H and O–H groups in total. The molecule has 1 heterocycles. The monoisotopic (exact) mass is 262 g/mol. The molecule has 0 saturated heterocycles. The Balaban J connectivity index is 2.28. The van der Waals surface area contributed by atoms with Crippen molar-refractivity contribution in [3.63, 3.8) is 0 Å². The van der Waals surface area contributed by atoms with Crippen molar-refractivity contribution < 1.29 is 13.9 Å². The maximum atomic E-state index is 12.6. The number of rotatable bonds is 3. The number of fused-ring (bicyclic) bond motifs is 1. The van der Waals surface area contributed by atoms with E-state index in [1.807, 2.05) is 24.3 Å². The van der Waals surface area contributed by atoms with Crippen molar-refractivity contribution in [1.29, 1.82) is 0 Å². The highest BCUT2D eigenvalue weighted by Crippen LogP contribution is 2.31. The Bertz CT molecular complexity index is 492. The number of alkyl halides is 3. The highest BCUT2D eigenvalue weighted by molar-refractivity contribution is 7.17. The molecule has 0 spiro atoms. The molecule has 1 nitrogen and oxygen atoms in total. The van der Waals surface area contributed by atoms with Crippen molar-refractivity contribution in [2.24, 2.45) is 0 Å². The molecule has 0 aliphatic rings. The third-order valence-electron chi connectivity index (χ3n) is 2.35. The van der Waals surface area contributed by atoms with E-state index in [2.05, 4.69) is 0 Å². The molecule has 1 aromatic heterocycles. The van der Waals surface area contributed by atoms with Gasteiger partial charge in [0.25, 0.3) is 0 Å². The maximum Gasteiger partial charge on any atom is 0.347 e. The molecule has 0 fully saturated rings. The zero-order valence-corrected chi connectivity index (χ0v) is 9.73. The smallest absolute Gasteiger partial charge is 0.347 e. The fourth-order valence-electron chi connectivity index (χ4n) is 1.51. The van der Waals surface area contributed by atoms with Gasteiger partial charge in [-0.25, -0.2) is 0 Å². The van der Waals surface area contributed by atoms with Crippen LogP contribution in [-0.4, -0.2) is 16.6 Å². The summed E-state index contributed by atoms with van der Waals surface area (Å²) in [5.74, 6) is 0. The normalized spacial score (nSPS) is 14.2. The second kappa shape index (κ2) is 4.28. The highest BCUT2D eigenvalue weighted by atomic mass is 35.5. The number of aliphatic hydroxyl groups excluding tert-OH is 1. The van der Waals surface area contributed by atoms with Gasteiger partial charge in [0.15, 0.2) is 0 Å². The second-order valence-electron chi connectivity index (χ2n) is 3.52. The topological polar surface area (TPSA) is 20.2 Å². The zero-order chi connectivity index (χ0) is 11.8. The lowest BCUT2D eigenvalue weighted by atomic mass is 10.1. The molecule has 1 atom stereocenters. The summed E-state index contributed by atoms with van der Waals surface area (Å²) in [4.78, 5) is 0. The fraction of sp³-hybridized carbons (Fsp3) is 0.273. The van der Waals surface area contributed by atoms with Gasteiger partial charge in [-0.1, -0.05) is 18.2 Å². The highest BCUT2D eigenvalue weighted by Gasteiger charge is 2.35. The predicted octanol–water partition coefficient (Wildman–Crippen LogP) is 3.64. The fourth-order valence-corrected chi connectivity index (χ4v) is 2.57. The van der Waals surface area contributed by atoms with Gasteiger partial charge < -0.3 is 5.11 Å². The first-order valence-corrected chi connectivity index (χ1v) is 5.94. The van der Waals surface area contributed by atoms with Crippen molar-refractivity contribution in [2.45, 2.75) is 17.9 Å². The van der Waals surface area contributed by atoms with Gasteiger partial charge in [0.05, 0.1) is 0 Å². The van der Waals surface area contributed by atoms with Crippen LogP contribution < -0.4 is 0 Å². The van der Waals surface area contributed by atoms with Crippen molar-refractivity contribution in [3.05, 3.63) is 35.2 Å². The summed E-state index contributed by atoms with van der Waals surface area (Å²) in [5, 5.41) is 8.33. The summed E-state index contributed by atoms with van der Waals surface area (Å²) in [6, 6.07) is 7.48. The van der Waals surface area contributed by atoms with Gasteiger partial charge in [-0.3, -0.25) is 0 Å². The number of hydrogen-bond donors (Lipinski definition) is 1. The Morgan fingerprint density at radius 3 is 2.75 bits per heavy atom. The van der Waals surface area contributed by atoms with E-state index in [1.54, 1.807) is 5.38 Å². The molecule has 0 radical (unpaired) electrons. The number of aliphatic hydroxyl groups is 1. The second-order valence-corrected chi connectivity index (χ2v) is 4.93. The molecule has 1 aromatic carbocycles. The number of halogens is 3. The Kier molecular flexibility index (Phi) is 3.15. The van der Waals surface area contributed by atoms with Crippen molar-refractivity contribution in [2.75, 3.05) is 0 Å². The van der Waals surface area contributed by atoms with Crippen LogP contribution in [0.1, 0.15) is 5.56 Å². The average Bonchev–Trinajstić information content (AvgIpc) is 2.61. The molecule has 5 heteroatoms. The molecular formula is C11H9ClF2OS. The van der Waals surface area contributed by atoms with E-state index >= 15 is 0 Å². The summed E-state index contributed by atoms with van der Waals surface area (Å²) in [5.41, 5.74) is 0.702. The summed E-state index contributed by atoms with van der Waals surface area (Å²) in [7, 11) is 0. The van der Waals surface area contributed by atoms with Crippen LogP contribution in [0.25, 0.3) is 10.1 Å². The first-order chi connectivity index (χ1) is 7.48. The lowest BCUT2D eigenvalue weighted by Crippen LogP contribution is -2.29. The Morgan fingerprint density at radius 2 is 2.06 bits per heavy atom. The SMILES string of the molecule is OC(Cc1csc2ccccc12)C(F)(F)Cl. The molecule has 2 aromatic rings. The summed E-state index contributed by atoms with van der Waals surface area (Å²) >= 11 is 6.24. The summed E-state index contributed by atoms with van der Waals surface area (Å²) in [6.07, 6.45) is -1.99. The molecule has 0 amide bonds. The van der Waals surface area contributed by atoms with Crippen LogP contribution in [0, 0.1) is 0 Å². The van der Waals surface area contributed by atoms with Crippen LogP contribution in [0.5, 0.6) is 0 Å². The van der Waals surface area contributed by atoms with Crippen molar-refractivity contribution in [1.82, 2.24) is 0 Å². The minimum absolute atomic E-state index is 0.138. The third kappa shape index (κ3) is 2.34. The number of hydrogen-bond acceptors (Lipinski definition) is 2. The average molecular weight is 263 g/mol. The standard InChI is InChI=1S/C11H9ClF2OS/c12-11(13,14)10(15)5-7-6-16-9-4-2-1-3-8(7)9/h1-4,6,10,15H,5H2. The lowest BCUT2D eigenvalue weighted by Gasteiger charge is -2.15. The van der Waals surface area contributed by atoms with Crippen LogP contribution in [0.4, 0.5) is 8.78 Å². The quantitative estimate of drug-likeness (QED) is 0.838. The van der Waals surface area contributed by atoms with Gasteiger partial charge in [0.1, 0.15) is 6.10 Å². The molecule has 1 unspecified atom stereocenters. The Hall–Kier alpha value is -0.710. The van der Waals surface area contributed by atoms with Gasteiger partial charge in [-0.15, -0.1) is 11.3 Å². The van der Waals surface area contributed by atoms with E-state index in [9.17, 15) is 13.9 Å². The van der Waals surface area contributed by atoms with E-state index in [4.69, 9.17) is 11.6 Å². The van der Waals surface area contributed by atoms with Gasteiger partial charge in [0.2, 0.25) is 0 Å². The lowest BCUT2D eigenvalue weighted by molar-refractivity contribution is -0.0395. The van der Waals surface area contributed by atoms with E-state index in [-0.39, 0.29) is 6.42 Å². The molecule has 0 saturated carbocycles. The van der Waals surface area contributed by atoms with Crippen molar-refractivity contribution in [3.8, 4) is 0 Å². The first kappa shape index (κ1) is 11.8. The molecule has 16 heavy (non-hydrogen) atoms. The minimum atomic E-state index is -3.58. The molecule has 2 rings (SSSR count). The van der Waals surface area contributed by atoms with Crippen LogP contribution >= 0.6 is 22.9 Å². The third-order valence-corrected chi connectivity index (χ3v) is 3.62. The largest absolute Gasteiger partial charge is 0.385 e. The van der Waals surface area contributed by atoms with Crippen molar-refractivity contribution >= 4 is 33.0 Å². The van der Waals surface area contributed by atoms with Gasteiger partial charge >= 0.3 is 5.38 Å². The van der Waals surface area contributed by atoms with E-state index in [0.29, 0.717) is 5.56 Å². The van der Waals surface area contributed by atoms with Gasteiger partial charge in [-0.05, 0) is 34.0 Å². The minimum Gasteiger partial charge on any atom is -0.385 e. The Labute approximate surface area is 100 Å². The van der Waals surface area contributed by atoms with Gasteiger partial charge in [0, 0.05) is 11.1 Å². The molecule has 0 aliphatic heterocycles. The van der Waals surface area contributed by atoms with E-state index < -0.39 is 11.5 Å². The number of benzene rings is 1. The summed E-state index contributed by atoms with van der Waals surface area (Å²) in [6.45, 7) is 0. The van der Waals surface area contributed by atoms with Crippen LogP contribution in [0.15, 0.2) is 29.6 Å². The van der Waals surface area contributed by atoms with Crippen LogP contribution in [0.3, 0.4) is 0 Å². The predicted molar refractivity (Wildman–Crippen MR) is 62.3 cm³/mol. The molecular weight excluding hydrogens is 254 g/mol. The molecule has 0 bridgehead atoms.